The Morgan fingerprint density at radius 2 is 1.87 bits per heavy atom. The fourth-order valence-corrected chi connectivity index (χ4v) is 6.39. The van der Waals surface area contributed by atoms with Gasteiger partial charge in [-0.05, 0) is 37.5 Å². The number of alkyl halides is 6. The SMILES string of the molecule is NC(=O)C1([C@H](C[C@H]2CCNC2=O)C(=O)COC(F)(F)F)C2CCCCC2CN1C(=O)c1cc(C(F)(F)F)on1. The quantitative estimate of drug-likeness (QED) is 0.459. The number of amides is 3. The number of aromatic nitrogens is 1. The fraction of sp³-hybridized carbons (Fsp3) is 0.696. The summed E-state index contributed by atoms with van der Waals surface area (Å²) >= 11 is 0. The predicted molar refractivity (Wildman–Crippen MR) is 116 cm³/mol. The van der Waals surface area contributed by atoms with Crippen LogP contribution in [-0.2, 0) is 25.3 Å². The molecule has 3 fully saturated rings. The molecule has 4 rings (SSSR count). The number of carbonyl (C=O) groups excluding carboxylic acids is 4. The second-order valence-electron chi connectivity index (χ2n) is 10.1. The Hall–Kier alpha value is -3.17. The minimum absolute atomic E-state index is 0.206. The van der Waals surface area contributed by atoms with Gasteiger partial charge in [-0.15, -0.1) is 13.2 Å². The van der Waals surface area contributed by atoms with Crippen molar-refractivity contribution in [3.8, 4) is 0 Å². The van der Waals surface area contributed by atoms with Crippen LogP contribution < -0.4 is 11.1 Å². The fourth-order valence-electron chi connectivity index (χ4n) is 6.39. The molecule has 3 heterocycles. The van der Waals surface area contributed by atoms with Gasteiger partial charge >= 0.3 is 12.5 Å². The molecule has 1 aromatic heterocycles. The molecule has 3 unspecified atom stereocenters. The van der Waals surface area contributed by atoms with Crippen LogP contribution >= 0.6 is 0 Å². The highest BCUT2D eigenvalue weighted by atomic mass is 19.4. The van der Waals surface area contributed by atoms with Gasteiger partial charge in [0.1, 0.15) is 12.1 Å². The van der Waals surface area contributed by atoms with Gasteiger partial charge in [-0.1, -0.05) is 18.0 Å². The van der Waals surface area contributed by atoms with E-state index < -0.39 is 89.7 Å². The van der Waals surface area contributed by atoms with E-state index in [0.717, 1.165) is 4.90 Å². The molecule has 3 amide bonds. The summed E-state index contributed by atoms with van der Waals surface area (Å²) in [6.07, 6.45) is -8.42. The zero-order valence-corrected chi connectivity index (χ0v) is 20.4. The van der Waals surface area contributed by atoms with Crippen molar-refractivity contribution in [1.29, 1.82) is 0 Å². The molecule has 1 aliphatic carbocycles. The van der Waals surface area contributed by atoms with Crippen molar-refractivity contribution >= 4 is 23.5 Å². The Labute approximate surface area is 217 Å². The highest BCUT2D eigenvalue weighted by Gasteiger charge is 2.65. The van der Waals surface area contributed by atoms with Crippen LogP contribution in [0.1, 0.15) is 54.8 Å². The number of Topliss-reactive ketones (excluding diaryl/α,β-unsaturated/α-hetero) is 1. The molecule has 16 heteroatoms. The van der Waals surface area contributed by atoms with Crippen LogP contribution in [0.3, 0.4) is 0 Å². The maximum Gasteiger partial charge on any atom is 0.522 e. The molecule has 10 nitrogen and oxygen atoms in total. The van der Waals surface area contributed by atoms with Crippen LogP contribution in [0.2, 0.25) is 0 Å². The molecule has 0 bridgehead atoms. The molecule has 1 saturated carbocycles. The third-order valence-corrected chi connectivity index (χ3v) is 7.97. The van der Waals surface area contributed by atoms with E-state index in [4.69, 9.17) is 5.73 Å². The van der Waals surface area contributed by atoms with E-state index in [-0.39, 0.29) is 25.9 Å². The average molecular weight is 568 g/mol. The number of hydrogen-bond acceptors (Lipinski definition) is 7. The first-order valence-corrected chi connectivity index (χ1v) is 12.3. The average Bonchev–Trinajstić information content (AvgIpc) is 3.57. The zero-order valence-electron chi connectivity index (χ0n) is 20.4. The molecule has 0 radical (unpaired) electrons. The number of halogens is 6. The Balaban J connectivity index is 1.82. The van der Waals surface area contributed by atoms with Gasteiger partial charge in [0.2, 0.25) is 17.6 Å². The maximum atomic E-state index is 13.6. The number of fused-ring (bicyclic) bond motifs is 1. The van der Waals surface area contributed by atoms with Crippen LogP contribution in [-0.4, -0.2) is 65.2 Å². The van der Waals surface area contributed by atoms with Crippen molar-refractivity contribution in [2.75, 3.05) is 19.7 Å². The van der Waals surface area contributed by atoms with Gasteiger partial charge in [0, 0.05) is 25.1 Å². The molecule has 39 heavy (non-hydrogen) atoms. The lowest BCUT2D eigenvalue weighted by atomic mass is 9.63. The first-order chi connectivity index (χ1) is 18.2. The summed E-state index contributed by atoms with van der Waals surface area (Å²) < 4.78 is 86.0. The van der Waals surface area contributed by atoms with E-state index in [1.165, 1.54) is 0 Å². The standard InChI is InChI=1S/C23H26F6N4O6/c24-22(25,26)17-8-15(32-39-17)19(36)33-9-12-3-1-2-4-13(12)21(33,20(30)37)14(7-11-5-6-31-18(11)35)16(34)10-38-23(27,28)29/h8,11-14H,1-7,9-10H2,(H2,30,37)(H,31,35)/t11-,12?,13?,14-,21?/m1/s1. The summed E-state index contributed by atoms with van der Waals surface area (Å²) in [5, 5.41) is 5.75. The van der Waals surface area contributed by atoms with Crippen molar-refractivity contribution in [3.05, 3.63) is 17.5 Å². The van der Waals surface area contributed by atoms with Crippen molar-refractivity contribution in [2.45, 2.75) is 56.6 Å². The zero-order chi connectivity index (χ0) is 28.8. The van der Waals surface area contributed by atoms with Gasteiger partial charge in [-0.3, -0.25) is 23.9 Å². The van der Waals surface area contributed by atoms with Gasteiger partial charge in [-0.2, -0.15) is 13.2 Å². The van der Waals surface area contributed by atoms with Gasteiger partial charge in [0.25, 0.3) is 5.91 Å². The molecule has 3 aliphatic rings. The second kappa shape index (κ2) is 10.4. The summed E-state index contributed by atoms with van der Waals surface area (Å²) in [5.41, 5.74) is 2.82. The van der Waals surface area contributed by atoms with E-state index in [0.29, 0.717) is 25.3 Å². The number of rotatable bonds is 8. The summed E-state index contributed by atoms with van der Waals surface area (Å²) in [5.74, 6) is -9.53. The number of ether oxygens (including phenoxy) is 1. The number of nitrogens with zero attached hydrogens (tertiary/aromatic N) is 2. The Kier molecular flexibility index (Phi) is 7.71. The van der Waals surface area contributed by atoms with Gasteiger partial charge < -0.3 is 20.5 Å². The topological polar surface area (TPSA) is 145 Å². The number of ketones is 1. The van der Waals surface area contributed by atoms with Crippen LogP contribution in [0.15, 0.2) is 10.6 Å². The lowest BCUT2D eigenvalue weighted by molar-refractivity contribution is -0.321. The van der Waals surface area contributed by atoms with Crippen molar-refractivity contribution in [1.82, 2.24) is 15.4 Å². The summed E-state index contributed by atoms with van der Waals surface area (Å²) in [6, 6.07) is 0.337. The molecule has 216 valence electrons. The molecule has 2 saturated heterocycles. The Morgan fingerprint density at radius 3 is 2.44 bits per heavy atom. The van der Waals surface area contributed by atoms with Gasteiger partial charge in [-0.25, -0.2) is 0 Å². The van der Waals surface area contributed by atoms with E-state index in [1.54, 1.807) is 0 Å². The Morgan fingerprint density at radius 1 is 1.18 bits per heavy atom. The van der Waals surface area contributed by atoms with Crippen molar-refractivity contribution < 1.29 is 54.8 Å². The number of nitrogens with two attached hydrogens (primary N) is 1. The van der Waals surface area contributed by atoms with E-state index in [1.807, 2.05) is 0 Å². The summed E-state index contributed by atoms with van der Waals surface area (Å²) in [6.45, 7) is -1.50. The van der Waals surface area contributed by atoms with Crippen molar-refractivity contribution in [2.24, 2.45) is 29.4 Å². The number of nitrogens with one attached hydrogen (secondary N) is 1. The molecule has 5 atom stereocenters. The first kappa shape index (κ1) is 28.8. The number of likely N-dealkylation sites (tertiary alicyclic amines) is 1. The predicted octanol–water partition coefficient (Wildman–Crippen LogP) is 2.43. The molecule has 1 aromatic rings. The van der Waals surface area contributed by atoms with Crippen LogP contribution in [0.4, 0.5) is 26.3 Å². The third-order valence-electron chi connectivity index (χ3n) is 7.97. The minimum Gasteiger partial charge on any atom is -0.368 e. The smallest absolute Gasteiger partial charge is 0.368 e. The lowest BCUT2D eigenvalue weighted by Crippen LogP contribution is -2.66. The monoisotopic (exact) mass is 568 g/mol. The molecule has 3 N–H and O–H groups in total. The number of carbonyl (C=O) groups is 4. The Bertz CT molecular complexity index is 1140. The maximum absolute atomic E-state index is 13.6. The molecule has 0 aromatic carbocycles. The highest BCUT2D eigenvalue weighted by Crippen LogP contribution is 2.52. The first-order valence-electron chi connectivity index (χ1n) is 12.3. The highest BCUT2D eigenvalue weighted by molar-refractivity contribution is 6.02. The second-order valence-corrected chi connectivity index (χ2v) is 10.1. The number of hydrogen-bond donors (Lipinski definition) is 2. The van der Waals surface area contributed by atoms with Crippen LogP contribution in [0.5, 0.6) is 0 Å². The van der Waals surface area contributed by atoms with Crippen molar-refractivity contribution in [3.63, 3.8) is 0 Å². The summed E-state index contributed by atoms with van der Waals surface area (Å²) in [7, 11) is 0. The molecule has 0 spiro atoms. The minimum atomic E-state index is -5.20. The molecular formula is C23H26F6N4O6. The largest absolute Gasteiger partial charge is 0.522 e. The van der Waals surface area contributed by atoms with Gasteiger partial charge in [0.15, 0.2) is 11.5 Å². The third kappa shape index (κ3) is 5.47. The van der Waals surface area contributed by atoms with E-state index in [9.17, 15) is 45.5 Å². The summed E-state index contributed by atoms with van der Waals surface area (Å²) in [4.78, 5) is 53.7. The molecular weight excluding hydrogens is 542 g/mol. The van der Waals surface area contributed by atoms with E-state index in [2.05, 4.69) is 19.7 Å². The molecule has 2 aliphatic heterocycles. The number of primary amides is 1. The van der Waals surface area contributed by atoms with E-state index >= 15 is 0 Å². The lowest BCUT2D eigenvalue weighted by Gasteiger charge is -2.46. The van der Waals surface area contributed by atoms with Crippen LogP contribution in [0, 0.1) is 23.7 Å². The van der Waals surface area contributed by atoms with Crippen LogP contribution in [0.25, 0.3) is 0 Å². The normalized spacial score (nSPS) is 28.2. The van der Waals surface area contributed by atoms with Gasteiger partial charge in [0.05, 0.1) is 5.92 Å².